The number of hydrogen-bond donors (Lipinski definition) is 3. The van der Waals surface area contributed by atoms with Crippen molar-refractivity contribution in [1.29, 1.82) is 0 Å². The third-order valence-corrected chi connectivity index (χ3v) is 6.71. The maximum atomic E-state index is 13.5. The first-order valence-electron chi connectivity index (χ1n) is 12.3. The number of pyridine rings is 1. The predicted molar refractivity (Wildman–Crippen MR) is 134 cm³/mol. The highest BCUT2D eigenvalue weighted by atomic mass is 16.5. The Labute approximate surface area is 209 Å². The molecule has 3 aliphatic heterocycles. The monoisotopic (exact) mass is 496 g/mol. The zero-order valence-electron chi connectivity index (χ0n) is 20.6. The van der Waals surface area contributed by atoms with Crippen LogP contribution >= 0.6 is 0 Å². The van der Waals surface area contributed by atoms with Crippen LogP contribution in [0.25, 0.3) is 0 Å². The Morgan fingerprint density at radius 1 is 1.03 bits per heavy atom. The number of phenols is 2. The highest BCUT2D eigenvalue weighted by Crippen LogP contribution is 2.39. The van der Waals surface area contributed by atoms with E-state index in [1.54, 1.807) is 22.1 Å². The van der Waals surface area contributed by atoms with Gasteiger partial charge in [-0.25, -0.2) is 4.98 Å². The van der Waals surface area contributed by atoms with Crippen molar-refractivity contribution in [2.45, 2.75) is 25.9 Å². The second-order valence-electron chi connectivity index (χ2n) is 9.34. The molecule has 3 N–H and O–H groups in total. The Kier molecular flexibility index (Phi) is 6.84. The summed E-state index contributed by atoms with van der Waals surface area (Å²) in [5.74, 6) is 0.780. The summed E-state index contributed by atoms with van der Waals surface area (Å²) in [4.78, 5) is 23.8. The van der Waals surface area contributed by atoms with Crippen LogP contribution in [0.4, 0.5) is 11.5 Å². The lowest BCUT2D eigenvalue weighted by molar-refractivity contribution is -0.128. The first-order chi connectivity index (χ1) is 17.4. The van der Waals surface area contributed by atoms with Crippen molar-refractivity contribution in [2.24, 2.45) is 5.10 Å². The van der Waals surface area contributed by atoms with E-state index in [0.717, 1.165) is 18.9 Å². The molecule has 192 valence electrons. The van der Waals surface area contributed by atoms with Crippen molar-refractivity contribution in [3.63, 3.8) is 0 Å². The maximum Gasteiger partial charge on any atom is 0.291 e. The molecular weight excluding hydrogens is 464 g/mol. The van der Waals surface area contributed by atoms with Crippen molar-refractivity contribution in [2.75, 3.05) is 62.4 Å². The number of ether oxygens (including phenoxy) is 2. The molecule has 0 radical (unpaired) electrons. The normalized spacial score (nSPS) is 20.5. The number of phenolic OH excluding ortho intramolecular Hbond substituents is 2. The molecule has 3 aliphatic rings. The maximum absolute atomic E-state index is 13.5. The highest BCUT2D eigenvalue weighted by Gasteiger charge is 2.38. The van der Waals surface area contributed by atoms with Gasteiger partial charge in [-0.15, -0.1) is 0 Å². The molecule has 36 heavy (non-hydrogen) atoms. The molecule has 2 saturated heterocycles. The smallest absolute Gasteiger partial charge is 0.291 e. The standard InChI is InChI=1S/C25H32N6O5/c1-16(2)18-13-19(21(33)14-20(18)32)23-27-28-24(25(34)30-7-11-36-12-8-30)31(23)17-3-4-22(26-15-17)29-5-9-35-10-6-29/h3-4,13-16,23,27,32-33H,5-12H2,1-2H3. The van der Waals surface area contributed by atoms with Crippen molar-refractivity contribution < 1.29 is 24.5 Å². The summed E-state index contributed by atoms with van der Waals surface area (Å²) >= 11 is 0. The lowest BCUT2D eigenvalue weighted by Gasteiger charge is -2.32. The number of aromatic hydroxyl groups is 2. The van der Waals surface area contributed by atoms with Crippen LogP contribution in [-0.4, -0.2) is 84.4 Å². The van der Waals surface area contributed by atoms with Crippen LogP contribution < -0.4 is 15.2 Å². The number of hydrogen-bond acceptors (Lipinski definition) is 10. The van der Waals surface area contributed by atoms with Gasteiger partial charge < -0.3 is 29.5 Å². The lowest BCUT2D eigenvalue weighted by Crippen LogP contribution is -2.48. The molecule has 1 unspecified atom stereocenters. The highest BCUT2D eigenvalue weighted by molar-refractivity contribution is 6.43. The van der Waals surface area contributed by atoms with Gasteiger partial charge in [-0.1, -0.05) is 13.8 Å². The van der Waals surface area contributed by atoms with E-state index >= 15 is 0 Å². The average Bonchev–Trinajstić information content (AvgIpc) is 3.34. The number of carbonyl (C=O) groups is 1. The van der Waals surface area contributed by atoms with Crippen LogP contribution in [0, 0.1) is 0 Å². The SMILES string of the molecule is CC(C)c1cc(C2NN=C(C(=O)N3CCOCC3)N2c2ccc(N3CCOCC3)nc2)c(O)cc1O. The van der Waals surface area contributed by atoms with Gasteiger partial charge in [0.2, 0.25) is 5.84 Å². The van der Waals surface area contributed by atoms with E-state index in [1.807, 2.05) is 26.0 Å². The van der Waals surface area contributed by atoms with Crippen LogP contribution in [0.1, 0.15) is 37.1 Å². The van der Waals surface area contributed by atoms with E-state index in [0.29, 0.717) is 56.3 Å². The molecule has 11 heteroatoms. The van der Waals surface area contributed by atoms with E-state index in [4.69, 9.17) is 9.47 Å². The average molecular weight is 497 g/mol. The number of nitrogens with one attached hydrogen (secondary N) is 1. The number of anilines is 2. The first kappa shape index (κ1) is 24.1. The van der Waals surface area contributed by atoms with Gasteiger partial charge in [-0.2, -0.15) is 5.10 Å². The second-order valence-corrected chi connectivity index (χ2v) is 9.34. The Morgan fingerprint density at radius 3 is 2.36 bits per heavy atom. The molecule has 1 amide bonds. The third-order valence-electron chi connectivity index (χ3n) is 6.71. The molecule has 0 aliphatic carbocycles. The van der Waals surface area contributed by atoms with Gasteiger partial charge in [0.25, 0.3) is 5.91 Å². The molecule has 1 aromatic heterocycles. The van der Waals surface area contributed by atoms with E-state index < -0.39 is 6.17 Å². The number of hydrazone groups is 1. The zero-order chi connectivity index (χ0) is 25.2. The summed E-state index contributed by atoms with van der Waals surface area (Å²) in [6.07, 6.45) is 1.05. The summed E-state index contributed by atoms with van der Waals surface area (Å²) in [5, 5.41) is 25.6. The fraction of sp³-hybridized carbons (Fsp3) is 0.480. The summed E-state index contributed by atoms with van der Waals surface area (Å²) in [7, 11) is 0. The molecule has 0 bridgehead atoms. The second kappa shape index (κ2) is 10.2. The van der Waals surface area contributed by atoms with Crippen LogP contribution in [0.2, 0.25) is 0 Å². The van der Waals surface area contributed by atoms with Crippen molar-refractivity contribution in [3.8, 4) is 11.5 Å². The van der Waals surface area contributed by atoms with Gasteiger partial charge in [0.1, 0.15) is 17.3 Å². The fourth-order valence-corrected chi connectivity index (χ4v) is 4.69. The van der Waals surface area contributed by atoms with Crippen LogP contribution in [-0.2, 0) is 14.3 Å². The largest absolute Gasteiger partial charge is 0.508 e. The number of amidine groups is 1. The number of morpholine rings is 2. The van der Waals surface area contributed by atoms with E-state index in [-0.39, 0.29) is 29.2 Å². The minimum atomic E-state index is -0.667. The Morgan fingerprint density at radius 2 is 1.72 bits per heavy atom. The summed E-state index contributed by atoms with van der Waals surface area (Å²) in [6, 6.07) is 6.92. The lowest BCUT2D eigenvalue weighted by atomic mass is 9.97. The number of carbonyl (C=O) groups excluding carboxylic acids is 1. The third kappa shape index (κ3) is 4.63. The number of aromatic nitrogens is 1. The number of rotatable bonds is 5. The molecule has 1 atom stereocenters. The van der Waals surface area contributed by atoms with Crippen molar-refractivity contribution in [1.82, 2.24) is 15.3 Å². The summed E-state index contributed by atoms with van der Waals surface area (Å²) in [5.41, 5.74) is 4.88. The predicted octanol–water partition coefficient (Wildman–Crippen LogP) is 1.73. The molecule has 0 spiro atoms. The van der Waals surface area contributed by atoms with E-state index in [2.05, 4.69) is 20.4 Å². The molecular formula is C25H32N6O5. The van der Waals surface area contributed by atoms with Gasteiger partial charge in [0.15, 0.2) is 6.17 Å². The van der Waals surface area contributed by atoms with Gasteiger partial charge in [0, 0.05) is 37.8 Å². The molecule has 1 aromatic carbocycles. The molecule has 5 rings (SSSR count). The quantitative estimate of drug-likeness (QED) is 0.568. The molecule has 0 saturated carbocycles. The fourth-order valence-electron chi connectivity index (χ4n) is 4.69. The molecule has 2 fully saturated rings. The van der Waals surface area contributed by atoms with Gasteiger partial charge in [-0.05, 0) is 29.7 Å². The van der Waals surface area contributed by atoms with Gasteiger partial charge in [-0.3, -0.25) is 15.1 Å². The van der Waals surface area contributed by atoms with Crippen LogP contribution in [0.15, 0.2) is 35.6 Å². The minimum absolute atomic E-state index is 0.0258. The van der Waals surface area contributed by atoms with E-state index in [9.17, 15) is 15.0 Å². The number of amides is 1. The van der Waals surface area contributed by atoms with E-state index in [1.165, 1.54) is 6.07 Å². The Balaban J connectivity index is 1.51. The minimum Gasteiger partial charge on any atom is -0.508 e. The van der Waals surface area contributed by atoms with Crippen LogP contribution in [0.3, 0.4) is 0 Å². The molecule has 2 aromatic rings. The molecule has 4 heterocycles. The van der Waals surface area contributed by atoms with Gasteiger partial charge >= 0.3 is 0 Å². The molecule has 11 nitrogen and oxygen atoms in total. The summed E-state index contributed by atoms with van der Waals surface area (Å²) in [6.45, 7) is 8.68. The summed E-state index contributed by atoms with van der Waals surface area (Å²) < 4.78 is 10.8. The topological polar surface area (TPSA) is 123 Å². The Bertz CT molecular complexity index is 1130. The zero-order valence-corrected chi connectivity index (χ0v) is 20.6. The van der Waals surface area contributed by atoms with Crippen LogP contribution in [0.5, 0.6) is 11.5 Å². The van der Waals surface area contributed by atoms with Crippen molar-refractivity contribution in [3.05, 3.63) is 41.6 Å². The number of nitrogens with zero attached hydrogens (tertiary/aromatic N) is 5. The van der Waals surface area contributed by atoms with Crippen molar-refractivity contribution >= 4 is 23.2 Å². The Hall–Kier alpha value is -3.57. The van der Waals surface area contributed by atoms with Gasteiger partial charge in [0.05, 0.1) is 38.3 Å². The number of benzene rings is 1. The first-order valence-corrected chi connectivity index (χ1v) is 12.3.